The number of β-amino-alcohol motifs (C(OH)–C–C–N with tert-alkyl or cyclic N) is 1. The van der Waals surface area contributed by atoms with Crippen LogP contribution in [0.2, 0.25) is 5.02 Å². The second-order valence-corrected chi connectivity index (χ2v) is 4.70. The minimum Gasteiger partial charge on any atom is -0.391 e. The third kappa shape index (κ3) is 2.62. The summed E-state index contributed by atoms with van der Waals surface area (Å²) in [5.41, 5.74) is -0.356. The Labute approximate surface area is 108 Å². The fourth-order valence-corrected chi connectivity index (χ4v) is 2.15. The molecule has 98 valence electrons. The van der Waals surface area contributed by atoms with Gasteiger partial charge >= 0.3 is 0 Å². The highest BCUT2D eigenvalue weighted by atomic mass is 35.5. The van der Waals surface area contributed by atoms with Gasteiger partial charge in [0.2, 0.25) is 0 Å². The van der Waals surface area contributed by atoms with Gasteiger partial charge in [-0.25, -0.2) is 8.78 Å². The van der Waals surface area contributed by atoms with Crippen molar-refractivity contribution in [3.63, 3.8) is 0 Å². The summed E-state index contributed by atoms with van der Waals surface area (Å²) in [5, 5.41) is 9.10. The van der Waals surface area contributed by atoms with Crippen molar-refractivity contribution >= 4 is 17.5 Å². The van der Waals surface area contributed by atoms with Crippen LogP contribution < -0.4 is 0 Å². The molecule has 0 aromatic heterocycles. The van der Waals surface area contributed by atoms with Gasteiger partial charge in [-0.15, -0.1) is 0 Å². The molecule has 0 unspecified atom stereocenters. The smallest absolute Gasteiger partial charge is 0.257 e. The third-order valence-corrected chi connectivity index (χ3v) is 3.21. The third-order valence-electron chi connectivity index (χ3n) is 2.92. The van der Waals surface area contributed by atoms with E-state index in [1.54, 1.807) is 0 Å². The monoisotopic (exact) mass is 275 g/mol. The summed E-state index contributed by atoms with van der Waals surface area (Å²) < 4.78 is 26.8. The fourth-order valence-electron chi connectivity index (χ4n) is 2.00. The first-order valence-electron chi connectivity index (χ1n) is 5.61. The van der Waals surface area contributed by atoms with Crippen LogP contribution in [0, 0.1) is 11.6 Å². The van der Waals surface area contributed by atoms with Crippen LogP contribution in [0.15, 0.2) is 12.1 Å². The molecule has 1 aliphatic heterocycles. The van der Waals surface area contributed by atoms with Gasteiger partial charge in [-0.05, 0) is 25.0 Å². The van der Waals surface area contributed by atoms with Crippen molar-refractivity contribution in [2.75, 3.05) is 13.1 Å². The molecule has 0 saturated carbocycles. The van der Waals surface area contributed by atoms with E-state index in [1.165, 1.54) is 4.90 Å². The number of amides is 1. The predicted molar refractivity (Wildman–Crippen MR) is 62.5 cm³/mol. The minimum absolute atomic E-state index is 0.141. The van der Waals surface area contributed by atoms with E-state index in [0.29, 0.717) is 19.4 Å². The Morgan fingerprint density at radius 2 is 2.11 bits per heavy atom. The van der Waals surface area contributed by atoms with Crippen LogP contribution in [-0.2, 0) is 0 Å². The Morgan fingerprint density at radius 3 is 2.78 bits per heavy atom. The van der Waals surface area contributed by atoms with Gasteiger partial charge in [0.1, 0.15) is 11.6 Å². The summed E-state index contributed by atoms with van der Waals surface area (Å²) in [6.07, 6.45) is 0.647. The quantitative estimate of drug-likeness (QED) is 0.799. The van der Waals surface area contributed by atoms with E-state index < -0.39 is 23.6 Å². The van der Waals surface area contributed by atoms with Crippen molar-refractivity contribution in [2.45, 2.75) is 18.9 Å². The topological polar surface area (TPSA) is 40.5 Å². The zero-order chi connectivity index (χ0) is 13.3. The Bertz CT molecular complexity index is 481. The SMILES string of the molecule is O=C(c1cc(F)c(Cl)cc1F)N1CCC[C@H](O)C1. The summed E-state index contributed by atoms with van der Waals surface area (Å²) in [6, 6.07) is 1.57. The molecule has 1 atom stereocenters. The highest BCUT2D eigenvalue weighted by Gasteiger charge is 2.25. The molecule has 0 radical (unpaired) electrons. The normalized spacial score (nSPS) is 20.0. The summed E-state index contributed by atoms with van der Waals surface area (Å²) >= 11 is 5.42. The number of likely N-dealkylation sites (tertiary alicyclic amines) is 1. The largest absolute Gasteiger partial charge is 0.391 e. The van der Waals surface area contributed by atoms with Crippen molar-refractivity contribution in [3.05, 3.63) is 34.4 Å². The van der Waals surface area contributed by atoms with E-state index in [0.717, 1.165) is 12.1 Å². The van der Waals surface area contributed by atoms with Crippen LogP contribution in [0.4, 0.5) is 8.78 Å². The summed E-state index contributed by atoms with van der Waals surface area (Å²) in [4.78, 5) is 13.3. The lowest BCUT2D eigenvalue weighted by Crippen LogP contribution is -2.42. The molecule has 6 heteroatoms. The fraction of sp³-hybridized carbons (Fsp3) is 0.417. The molecular weight excluding hydrogens is 264 g/mol. The number of halogens is 3. The van der Waals surface area contributed by atoms with Crippen LogP contribution in [0.3, 0.4) is 0 Å². The molecule has 1 amide bonds. The number of hydrogen-bond acceptors (Lipinski definition) is 2. The standard InChI is InChI=1S/C12H12ClF2NO2/c13-9-5-10(14)8(4-11(9)15)12(18)16-3-1-2-7(17)6-16/h4-5,7,17H,1-3,6H2/t7-/m0/s1. The first-order chi connectivity index (χ1) is 8.49. The number of rotatable bonds is 1. The van der Waals surface area contributed by atoms with Crippen molar-refractivity contribution in [2.24, 2.45) is 0 Å². The van der Waals surface area contributed by atoms with Gasteiger partial charge in [0.25, 0.3) is 5.91 Å². The van der Waals surface area contributed by atoms with Gasteiger partial charge in [0, 0.05) is 13.1 Å². The van der Waals surface area contributed by atoms with Crippen LogP contribution in [0.1, 0.15) is 23.2 Å². The lowest BCUT2D eigenvalue weighted by molar-refractivity contribution is 0.0469. The van der Waals surface area contributed by atoms with E-state index in [1.807, 2.05) is 0 Å². The molecular formula is C12H12ClF2NO2. The Kier molecular flexibility index (Phi) is 3.82. The van der Waals surface area contributed by atoms with Crippen molar-refractivity contribution in [1.82, 2.24) is 4.90 Å². The van der Waals surface area contributed by atoms with Crippen LogP contribution in [0.25, 0.3) is 0 Å². The average Bonchev–Trinajstić information content (AvgIpc) is 2.33. The zero-order valence-corrected chi connectivity index (χ0v) is 10.3. The molecule has 0 bridgehead atoms. The van der Waals surface area contributed by atoms with Crippen molar-refractivity contribution < 1.29 is 18.7 Å². The maximum absolute atomic E-state index is 13.6. The van der Waals surface area contributed by atoms with E-state index in [2.05, 4.69) is 0 Å². The number of carbonyl (C=O) groups is 1. The van der Waals surface area contributed by atoms with Crippen LogP contribution in [-0.4, -0.2) is 35.1 Å². The Morgan fingerprint density at radius 1 is 1.39 bits per heavy atom. The molecule has 1 fully saturated rings. The van der Waals surface area contributed by atoms with Crippen molar-refractivity contribution in [3.8, 4) is 0 Å². The molecule has 1 N–H and O–H groups in total. The van der Waals surface area contributed by atoms with Gasteiger partial charge in [-0.2, -0.15) is 0 Å². The number of aliphatic hydroxyl groups is 1. The van der Waals surface area contributed by atoms with E-state index >= 15 is 0 Å². The van der Waals surface area contributed by atoms with Gasteiger partial charge in [0.15, 0.2) is 0 Å². The number of aliphatic hydroxyl groups excluding tert-OH is 1. The first-order valence-corrected chi connectivity index (χ1v) is 5.98. The highest BCUT2D eigenvalue weighted by Crippen LogP contribution is 2.22. The molecule has 18 heavy (non-hydrogen) atoms. The summed E-state index contributed by atoms with van der Waals surface area (Å²) in [5.74, 6) is -2.31. The second-order valence-electron chi connectivity index (χ2n) is 4.29. The molecule has 2 rings (SSSR count). The average molecular weight is 276 g/mol. The lowest BCUT2D eigenvalue weighted by Gasteiger charge is -2.30. The van der Waals surface area contributed by atoms with Gasteiger partial charge in [-0.3, -0.25) is 4.79 Å². The number of nitrogens with zero attached hydrogens (tertiary/aromatic N) is 1. The van der Waals surface area contributed by atoms with Crippen molar-refractivity contribution in [1.29, 1.82) is 0 Å². The summed E-state index contributed by atoms with van der Waals surface area (Å²) in [7, 11) is 0. The molecule has 1 aromatic carbocycles. The Hall–Kier alpha value is -1.20. The Balaban J connectivity index is 2.25. The number of piperidine rings is 1. The maximum Gasteiger partial charge on any atom is 0.257 e. The van der Waals surface area contributed by atoms with Gasteiger partial charge < -0.3 is 10.0 Å². The van der Waals surface area contributed by atoms with E-state index in [4.69, 9.17) is 11.6 Å². The second kappa shape index (κ2) is 5.20. The number of benzene rings is 1. The minimum atomic E-state index is -0.855. The summed E-state index contributed by atoms with van der Waals surface area (Å²) in [6.45, 7) is 0.572. The van der Waals surface area contributed by atoms with E-state index in [9.17, 15) is 18.7 Å². The molecule has 1 saturated heterocycles. The van der Waals surface area contributed by atoms with Gasteiger partial charge in [-0.1, -0.05) is 11.6 Å². The van der Waals surface area contributed by atoms with Crippen LogP contribution >= 0.6 is 11.6 Å². The zero-order valence-electron chi connectivity index (χ0n) is 9.50. The van der Waals surface area contributed by atoms with Gasteiger partial charge in [0.05, 0.1) is 16.7 Å². The molecule has 0 spiro atoms. The lowest BCUT2D eigenvalue weighted by atomic mass is 10.1. The molecule has 1 aromatic rings. The van der Waals surface area contributed by atoms with E-state index in [-0.39, 0.29) is 17.1 Å². The maximum atomic E-state index is 13.6. The number of carbonyl (C=O) groups excluding carboxylic acids is 1. The first kappa shape index (κ1) is 13.2. The molecule has 3 nitrogen and oxygen atoms in total. The highest BCUT2D eigenvalue weighted by molar-refractivity contribution is 6.30. The van der Waals surface area contributed by atoms with Crippen LogP contribution in [0.5, 0.6) is 0 Å². The predicted octanol–water partition coefficient (Wildman–Crippen LogP) is 2.22. The number of hydrogen-bond donors (Lipinski definition) is 1. The molecule has 0 aliphatic carbocycles. The molecule has 1 aliphatic rings. The molecule has 1 heterocycles.